The van der Waals surface area contributed by atoms with Gasteiger partial charge in [-0.25, -0.2) is 0 Å². The Morgan fingerprint density at radius 1 is 1.22 bits per heavy atom. The molecule has 0 bridgehead atoms. The van der Waals surface area contributed by atoms with Crippen molar-refractivity contribution in [2.75, 3.05) is 0 Å². The zero-order valence-corrected chi connectivity index (χ0v) is 10.9. The molecule has 1 heterocycles. The van der Waals surface area contributed by atoms with Crippen LogP contribution in [0.25, 0.3) is 10.1 Å². The molecule has 1 fully saturated rings. The Morgan fingerprint density at radius 3 is 2.50 bits per heavy atom. The molecule has 1 atom stereocenters. The summed E-state index contributed by atoms with van der Waals surface area (Å²) >= 11 is 0. The molecule has 1 aliphatic rings. The normalized spacial score (nSPS) is 17.4. The van der Waals surface area contributed by atoms with E-state index in [2.05, 4.69) is 0 Å². The molecule has 18 heavy (non-hydrogen) atoms. The van der Waals surface area contributed by atoms with E-state index >= 15 is 0 Å². The number of fused-ring (bicyclic) bond motifs is 1. The summed E-state index contributed by atoms with van der Waals surface area (Å²) in [6, 6.07) is 7.21. The third kappa shape index (κ3) is 1.92. The predicted octanol–water partition coefficient (Wildman–Crippen LogP) is 5.51. The zero-order valence-electron chi connectivity index (χ0n) is 10.1. The Bertz CT molecular complexity index is 591. The highest BCUT2D eigenvalue weighted by molar-refractivity contribution is 7.38. The fourth-order valence-corrected chi connectivity index (χ4v) is 4.51. The minimum Gasteiger partial charge on any atom is -0.118 e. The Kier molecular flexibility index (Phi) is 2.66. The number of hydrogen-bond acceptors (Lipinski definition) is 0. The molecule has 1 aromatic carbocycles. The van der Waals surface area contributed by atoms with Crippen LogP contribution in [0.2, 0.25) is 0 Å². The lowest BCUT2D eigenvalue weighted by Crippen LogP contribution is -1.97. The lowest BCUT2D eigenvalue weighted by Gasteiger charge is -1.99. The zero-order chi connectivity index (χ0) is 12.9. The average Bonchev–Trinajstić information content (AvgIpc) is 3.07. The molecule has 0 saturated heterocycles. The number of halogens is 3. The van der Waals surface area contributed by atoms with E-state index in [0.717, 1.165) is 30.2 Å². The highest BCUT2D eigenvalue weighted by Gasteiger charge is 2.51. The maximum absolute atomic E-state index is 13.2. The van der Waals surface area contributed by atoms with Gasteiger partial charge in [0.05, 0.1) is 10.5 Å². The number of thiophene rings is 1. The van der Waals surface area contributed by atoms with Gasteiger partial charge in [0.2, 0.25) is 0 Å². The van der Waals surface area contributed by atoms with Crippen molar-refractivity contribution in [2.24, 2.45) is 0 Å². The molecule has 0 N–H and O–H groups in total. The van der Waals surface area contributed by atoms with E-state index in [9.17, 15) is 13.2 Å². The molecular formula is C14H14F3S+. The van der Waals surface area contributed by atoms with Gasteiger partial charge in [-0.2, -0.15) is 0 Å². The van der Waals surface area contributed by atoms with Crippen molar-refractivity contribution in [1.29, 1.82) is 0 Å². The van der Waals surface area contributed by atoms with Crippen molar-refractivity contribution >= 4 is 20.6 Å². The standard InChI is InChI=1S/C14H14F3S/c1-2-9-3-6-12-11(7-9)8-13(10-4-5-10)18(12)14(15,16)17/h3,6-8,10H,2,4-5H2,1H3/q+1. The highest BCUT2D eigenvalue weighted by Crippen LogP contribution is 2.57. The first-order valence-corrected chi connectivity index (χ1v) is 7.39. The van der Waals surface area contributed by atoms with Crippen molar-refractivity contribution in [2.45, 2.75) is 37.6 Å². The third-order valence-electron chi connectivity index (χ3n) is 3.45. The van der Waals surface area contributed by atoms with Crippen LogP contribution in [-0.2, 0) is 11.9 Å². The molecule has 3 rings (SSSR count). The SMILES string of the molecule is CCc1ccc2c(c1)cc(C1CC1)[s+]2C(F)(F)F. The highest BCUT2D eigenvalue weighted by atomic mass is 32.2. The summed E-state index contributed by atoms with van der Waals surface area (Å²) in [5.74, 6) is 0.174. The summed E-state index contributed by atoms with van der Waals surface area (Å²) in [7, 11) is -1.67. The van der Waals surface area contributed by atoms with Crippen LogP contribution in [0.5, 0.6) is 0 Å². The van der Waals surface area contributed by atoms with Gasteiger partial charge in [-0.05, 0) is 37.0 Å². The first kappa shape index (κ1) is 12.0. The van der Waals surface area contributed by atoms with E-state index in [1.54, 1.807) is 12.1 Å². The molecule has 1 aromatic heterocycles. The van der Waals surface area contributed by atoms with Gasteiger partial charge >= 0.3 is 5.51 Å². The molecule has 1 unspecified atom stereocenters. The van der Waals surface area contributed by atoms with E-state index in [1.807, 2.05) is 19.1 Å². The van der Waals surface area contributed by atoms with Crippen LogP contribution >= 0.6 is 10.5 Å². The Hall–Kier alpha value is -1.03. The van der Waals surface area contributed by atoms with Gasteiger partial charge in [-0.1, -0.05) is 13.0 Å². The molecule has 2 aromatic rings. The van der Waals surface area contributed by atoms with Crippen molar-refractivity contribution in [3.05, 3.63) is 34.7 Å². The number of benzene rings is 1. The minimum atomic E-state index is -4.13. The number of rotatable bonds is 2. The van der Waals surface area contributed by atoms with E-state index in [1.165, 1.54) is 0 Å². The van der Waals surface area contributed by atoms with Crippen LogP contribution in [-0.4, -0.2) is 0 Å². The Labute approximate surface area is 106 Å². The molecule has 0 spiro atoms. The van der Waals surface area contributed by atoms with Crippen molar-refractivity contribution in [3.63, 3.8) is 0 Å². The molecule has 1 aliphatic carbocycles. The number of alkyl halides is 3. The summed E-state index contributed by atoms with van der Waals surface area (Å²) < 4.78 is 40.2. The monoisotopic (exact) mass is 271 g/mol. The van der Waals surface area contributed by atoms with Crippen LogP contribution in [0.3, 0.4) is 0 Å². The van der Waals surface area contributed by atoms with Crippen LogP contribution < -0.4 is 0 Å². The molecule has 96 valence electrons. The van der Waals surface area contributed by atoms with Crippen LogP contribution in [0.15, 0.2) is 24.3 Å². The van der Waals surface area contributed by atoms with Crippen molar-refractivity contribution < 1.29 is 13.2 Å². The largest absolute Gasteiger partial charge is 0.600 e. The lowest BCUT2D eigenvalue weighted by atomic mass is 10.1. The maximum atomic E-state index is 13.2. The molecule has 0 nitrogen and oxygen atoms in total. The summed E-state index contributed by atoms with van der Waals surface area (Å²) in [5.41, 5.74) is -3.03. The van der Waals surface area contributed by atoms with Gasteiger partial charge in [0.25, 0.3) is 0 Å². The molecule has 0 aliphatic heterocycles. The number of aryl methyl sites for hydroxylation is 1. The smallest absolute Gasteiger partial charge is 0.118 e. The average molecular weight is 271 g/mol. The fourth-order valence-electron chi connectivity index (χ4n) is 2.37. The lowest BCUT2D eigenvalue weighted by molar-refractivity contribution is -0.0867. The third-order valence-corrected chi connectivity index (χ3v) is 5.64. The first-order valence-electron chi connectivity index (χ1n) is 6.16. The molecule has 4 heteroatoms. The quantitative estimate of drug-likeness (QED) is 0.632. The summed E-state index contributed by atoms with van der Waals surface area (Å²) in [6.45, 7) is 2.02. The van der Waals surface area contributed by atoms with Gasteiger partial charge in [-0.3, -0.25) is 0 Å². The second-order valence-electron chi connectivity index (χ2n) is 4.80. The first-order chi connectivity index (χ1) is 8.50. The van der Waals surface area contributed by atoms with E-state index < -0.39 is 16.0 Å². The maximum Gasteiger partial charge on any atom is 0.600 e. The van der Waals surface area contributed by atoms with Crippen LogP contribution in [0.4, 0.5) is 13.2 Å². The van der Waals surface area contributed by atoms with Crippen LogP contribution in [0.1, 0.15) is 36.1 Å². The van der Waals surface area contributed by atoms with Gasteiger partial charge in [0, 0.05) is 17.4 Å². The Balaban J connectivity index is 2.26. The summed E-state index contributed by atoms with van der Waals surface area (Å²) in [6.07, 6.45) is 2.69. The molecule has 0 radical (unpaired) electrons. The van der Waals surface area contributed by atoms with E-state index in [-0.39, 0.29) is 5.92 Å². The van der Waals surface area contributed by atoms with Gasteiger partial charge in [-0.15, -0.1) is 13.2 Å². The van der Waals surface area contributed by atoms with E-state index in [4.69, 9.17) is 0 Å². The topological polar surface area (TPSA) is 0 Å². The minimum absolute atomic E-state index is 0.174. The summed E-state index contributed by atoms with van der Waals surface area (Å²) in [5, 5.41) is 0.789. The molecular weight excluding hydrogens is 257 g/mol. The van der Waals surface area contributed by atoms with Gasteiger partial charge < -0.3 is 0 Å². The van der Waals surface area contributed by atoms with Crippen molar-refractivity contribution in [1.82, 2.24) is 0 Å². The van der Waals surface area contributed by atoms with Crippen molar-refractivity contribution in [3.8, 4) is 0 Å². The second-order valence-corrected chi connectivity index (χ2v) is 6.79. The van der Waals surface area contributed by atoms with Gasteiger partial charge in [0.1, 0.15) is 0 Å². The summed E-state index contributed by atoms with van der Waals surface area (Å²) in [4.78, 5) is 0.616. The van der Waals surface area contributed by atoms with E-state index in [0.29, 0.717) is 9.58 Å². The predicted molar refractivity (Wildman–Crippen MR) is 69.1 cm³/mol. The Morgan fingerprint density at radius 2 is 1.94 bits per heavy atom. The number of hydrogen-bond donors (Lipinski definition) is 0. The van der Waals surface area contributed by atoms with Crippen LogP contribution in [0, 0.1) is 0 Å². The fraction of sp³-hybridized carbons (Fsp3) is 0.429. The second kappa shape index (κ2) is 3.98. The van der Waals surface area contributed by atoms with Gasteiger partial charge in [0.15, 0.2) is 9.58 Å². The molecule has 1 saturated carbocycles. The molecule has 0 amide bonds.